The summed E-state index contributed by atoms with van der Waals surface area (Å²) in [6.45, 7) is 3.56. The number of rotatable bonds is 3. The molecule has 0 N–H and O–H groups in total. The molecular formula is C10H14F3N3. The van der Waals surface area contributed by atoms with Gasteiger partial charge in [-0.1, -0.05) is 0 Å². The lowest BCUT2D eigenvalue weighted by Gasteiger charge is -2.40. The third-order valence-electron chi connectivity index (χ3n) is 2.94. The van der Waals surface area contributed by atoms with Crippen molar-refractivity contribution in [3.05, 3.63) is 18.2 Å². The quantitative estimate of drug-likeness (QED) is 0.795. The van der Waals surface area contributed by atoms with Crippen LogP contribution >= 0.6 is 0 Å². The SMILES string of the molecule is CCn1cncc1CN1CC(C(F)(F)F)C1. The molecular weight excluding hydrogens is 219 g/mol. The monoisotopic (exact) mass is 233 g/mol. The van der Waals surface area contributed by atoms with Crippen LogP contribution in [0.4, 0.5) is 13.2 Å². The minimum Gasteiger partial charge on any atom is -0.334 e. The van der Waals surface area contributed by atoms with Gasteiger partial charge < -0.3 is 4.57 Å². The van der Waals surface area contributed by atoms with Crippen LogP contribution in [0.5, 0.6) is 0 Å². The number of halogens is 3. The zero-order valence-electron chi connectivity index (χ0n) is 9.04. The first-order valence-corrected chi connectivity index (χ1v) is 5.28. The van der Waals surface area contributed by atoms with Crippen LogP contribution in [0, 0.1) is 5.92 Å². The van der Waals surface area contributed by atoms with Crippen molar-refractivity contribution < 1.29 is 13.2 Å². The van der Waals surface area contributed by atoms with E-state index in [1.807, 2.05) is 11.5 Å². The van der Waals surface area contributed by atoms with Crippen LogP contribution in [-0.2, 0) is 13.1 Å². The van der Waals surface area contributed by atoms with Gasteiger partial charge >= 0.3 is 6.18 Å². The lowest BCUT2D eigenvalue weighted by Crippen LogP contribution is -2.52. The molecule has 0 amide bonds. The summed E-state index contributed by atoms with van der Waals surface area (Å²) in [7, 11) is 0. The van der Waals surface area contributed by atoms with E-state index < -0.39 is 12.1 Å². The maximum Gasteiger partial charge on any atom is 0.394 e. The summed E-state index contributed by atoms with van der Waals surface area (Å²) in [5, 5.41) is 0. The first-order chi connectivity index (χ1) is 7.50. The minimum absolute atomic E-state index is 0.110. The van der Waals surface area contributed by atoms with Gasteiger partial charge in [0.2, 0.25) is 0 Å². The van der Waals surface area contributed by atoms with Crippen molar-refractivity contribution in [3.63, 3.8) is 0 Å². The van der Waals surface area contributed by atoms with E-state index in [2.05, 4.69) is 4.98 Å². The molecule has 0 aliphatic carbocycles. The molecule has 16 heavy (non-hydrogen) atoms. The molecule has 1 aliphatic heterocycles. The second-order valence-corrected chi connectivity index (χ2v) is 4.10. The average molecular weight is 233 g/mol. The highest BCUT2D eigenvalue weighted by atomic mass is 19.4. The largest absolute Gasteiger partial charge is 0.394 e. The van der Waals surface area contributed by atoms with E-state index in [9.17, 15) is 13.2 Å². The van der Waals surface area contributed by atoms with Crippen LogP contribution in [-0.4, -0.2) is 33.7 Å². The molecule has 6 heteroatoms. The maximum atomic E-state index is 12.3. The van der Waals surface area contributed by atoms with Crippen molar-refractivity contribution >= 4 is 0 Å². The summed E-state index contributed by atoms with van der Waals surface area (Å²) in [4.78, 5) is 5.78. The van der Waals surface area contributed by atoms with Crippen molar-refractivity contribution in [1.82, 2.24) is 14.5 Å². The van der Waals surface area contributed by atoms with Gasteiger partial charge in [0.1, 0.15) is 0 Å². The molecule has 1 fully saturated rings. The number of hydrogen-bond donors (Lipinski definition) is 0. The number of aryl methyl sites for hydroxylation is 1. The first kappa shape index (κ1) is 11.4. The van der Waals surface area contributed by atoms with Gasteiger partial charge in [0.05, 0.1) is 17.9 Å². The summed E-state index contributed by atoms with van der Waals surface area (Å²) >= 11 is 0. The van der Waals surface area contributed by atoms with Gasteiger partial charge in [-0.05, 0) is 6.92 Å². The summed E-state index contributed by atoms with van der Waals surface area (Å²) < 4.78 is 38.7. The number of hydrogen-bond acceptors (Lipinski definition) is 2. The number of nitrogens with zero attached hydrogens (tertiary/aromatic N) is 3. The Labute approximate surface area is 91.9 Å². The second kappa shape index (κ2) is 4.08. The van der Waals surface area contributed by atoms with Crippen LogP contribution in [0.2, 0.25) is 0 Å². The predicted octanol–water partition coefficient (Wildman–Crippen LogP) is 1.90. The van der Waals surface area contributed by atoms with Gasteiger partial charge in [-0.2, -0.15) is 13.2 Å². The summed E-state index contributed by atoms with van der Waals surface area (Å²) in [5.74, 6) is -1.15. The van der Waals surface area contributed by atoms with Gasteiger partial charge in [0, 0.05) is 32.4 Å². The lowest BCUT2D eigenvalue weighted by atomic mass is 9.99. The fraction of sp³-hybridized carbons (Fsp3) is 0.700. The maximum absolute atomic E-state index is 12.3. The molecule has 90 valence electrons. The topological polar surface area (TPSA) is 21.1 Å². The van der Waals surface area contributed by atoms with Gasteiger partial charge in [-0.15, -0.1) is 0 Å². The van der Waals surface area contributed by atoms with Gasteiger partial charge in [0.15, 0.2) is 0 Å². The molecule has 2 heterocycles. The molecule has 3 nitrogen and oxygen atoms in total. The molecule has 0 spiro atoms. The van der Waals surface area contributed by atoms with Crippen LogP contribution in [0.25, 0.3) is 0 Å². The van der Waals surface area contributed by atoms with E-state index in [0.717, 1.165) is 12.2 Å². The van der Waals surface area contributed by atoms with Crippen molar-refractivity contribution in [2.45, 2.75) is 26.2 Å². The van der Waals surface area contributed by atoms with Crippen LogP contribution in [0.1, 0.15) is 12.6 Å². The van der Waals surface area contributed by atoms with E-state index in [-0.39, 0.29) is 13.1 Å². The van der Waals surface area contributed by atoms with E-state index in [0.29, 0.717) is 6.54 Å². The number of likely N-dealkylation sites (tertiary alicyclic amines) is 1. The average Bonchev–Trinajstić information content (AvgIpc) is 2.55. The Balaban J connectivity index is 1.86. The third-order valence-corrected chi connectivity index (χ3v) is 2.94. The molecule has 0 atom stereocenters. The van der Waals surface area contributed by atoms with Gasteiger partial charge in [-0.3, -0.25) is 4.90 Å². The lowest BCUT2D eigenvalue weighted by molar-refractivity contribution is -0.210. The molecule has 1 aliphatic rings. The van der Waals surface area contributed by atoms with Crippen molar-refractivity contribution in [2.75, 3.05) is 13.1 Å². The smallest absolute Gasteiger partial charge is 0.334 e. The molecule has 2 rings (SSSR count). The summed E-state index contributed by atoms with van der Waals surface area (Å²) in [6, 6.07) is 0. The molecule has 0 saturated carbocycles. The molecule has 1 aromatic rings. The third kappa shape index (κ3) is 2.21. The Kier molecular flexibility index (Phi) is 2.92. The number of alkyl halides is 3. The molecule has 0 radical (unpaired) electrons. The fourth-order valence-corrected chi connectivity index (χ4v) is 1.90. The van der Waals surface area contributed by atoms with E-state index >= 15 is 0 Å². The fourth-order valence-electron chi connectivity index (χ4n) is 1.90. The highest BCUT2D eigenvalue weighted by Gasteiger charge is 2.46. The van der Waals surface area contributed by atoms with E-state index in [1.165, 1.54) is 0 Å². The summed E-state index contributed by atoms with van der Waals surface area (Å²) in [6.07, 6.45) is -0.623. The molecule has 1 saturated heterocycles. The van der Waals surface area contributed by atoms with Crippen molar-refractivity contribution in [3.8, 4) is 0 Å². The molecule has 1 aromatic heterocycles. The van der Waals surface area contributed by atoms with Crippen molar-refractivity contribution in [2.24, 2.45) is 5.92 Å². The minimum atomic E-state index is -4.04. The highest BCUT2D eigenvalue weighted by molar-refractivity contribution is 5.00. The Morgan fingerprint density at radius 2 is 2.12 bits per heavy atom. The van der Waals surface area contributed by atoms with Crippen LogP contribution in [0.15, 0.2) is 12.5 Å². The Morgan fingerprint density at radius 3 is 2.69 bits per heavy atom. The number of imidazole rings is 1. The summed E-state index contributed by atoms with van der Waals surface area (Å²) in [5.41, 5.74) is 0.975. The Bertz CT molecular complexity index is 352. The normalized spacial score (nSPS) is 18.8. The van der Waals surface area contributed by atoms with Gasteiger partial charge in [0.25, 0.3) is 0 Å². The molecule has 0 unspecified atom stereocenters. The zero-order valence-corrected chi connectivity index (χ0v) is 9.04. The van der Waals surface area contributed by atoms with Gasteiger partial charge in [-0.25, -0.2) is 4.98 Å². The molecule has 0 aromatic carbocycles. The zero-order chi connectivity index (χ0) is 11.8. The predicted molar refractivity (Wildman–Crippen MR) is 52.7 cm³/mol. The Morgan fingerprint density at radius 1 is 1.44 bits per heavy atom. The van der Waals surface area contributed by atoms with Crippen molar-refractivity contribution in [1.29, 1.82) is 0 Å². The Hall–Kier alpha value is -1.04. The standard InChI is InChI=1S/C10H14F3N3/c1-2-16-7-14-3-9(16)6-15-4-8(5-15)10(11,12)13/h3,7-8H,2,4-6H2,1H3. The first-order valence-electron chi connectivity index (χ1n) is 5.28. The highest BCUT2D eigenvalue weighted by Crippen LogP contribution is 2.33. The number of aromatic nitrogens is 2. The molecule has 0 bridgehead atoms. The van der Waals surface area contributed by atoms with E-state index in [4.69, 9.17) is 0 Å². The van der Waals surface area contributed by atoms with Crippen LogP contribution < -0.4 is 0 Å². The van der Waals surface area contributed by atoms with Crippen LogP contribution in [0.3, 0.4) is 0 Å². The van der Waals surface area contributed by atoms with E-state index in [1.54, 1.807) is 17.4 Å². The second-order valence-electron chi connectivity index (χ2n) is 4.10.